The van der Waals surface area contributed by atoms with Crippen molar-refractivity contribution in [1.82, 2.24) is 15.4 Å². The Balaban J connectivity index is 2.73. The molecule has 2 N–H and O–H groups in total. The summed E-state index contributed by atoms with van der Waals surface area (Å²) in [5.74, 6) is -0.395. The number of rotatable bonds is 5. The largest absolute Gasteiger partial charge is 0.480 e. The predicted molar refractivity (Wildman–Crippen MR) is 67.8 cm³/mol. The van der Waals surface area contributed by atoms with Gasteiger partial charge < -0.3 is 19.8 Å². The van der Waals surface area contributed by atoms with Gasteiger partial charge in [0.15, 0.2) is 0 Å². The van der Waals surface area contributed by atoms with Crippen LogP contribution in [0, 0.1) is 13.8 Å². The Labute approximate surface area is 111 Å². The van der Waals surface area contributed by atoms with E-state index >= 15 is 0 Å². The van der Waals surface area contributed by atoms with Crippen LogP contribution in [0.1, 0.15) is 36.9 Å². The van der Waals surface area contributed by atoms with Gasteiger partial charge in [-0.25, -0.2) is 4.79 Å². The van der Waals surface area contributed by atoms with Gasteiger partial charge in [0.2, 0.25) is 0 Å². The van der Waals surface area contributed by atoms with Gasteiger partial charge in [-0.1, -0.05) is 5.16 Å². The van der Waals surface area contributed by atoms with Crippen molar-refractivity contribution in [3.05, 3.63) is 17.0 Å². The molecular formula is C12H19N3O4. The van der Waals surface area contributed by atoms with Gasteiger partial charge in [0, 0.05) is 12.1 Å². The molecule has 1 aromatic rings. The minimum atomic E-state index is -1.04. The number of hydrogen-bond donors (Lipinski definition) is 2. The molecule has 0 saturated heterocycles. The van der Waals surface area contributed by atoms with Crippen molar-refractivity contribution < 1.29 is 19.2 Å². The van der Waals surface area contributed by atoms with Gasteiger partial charge in [-0.3, -0.25) is 4.79 Å². The van der Waals surface area contributed by atoms with Crippen LogP contribution < -0.4 is 5.32 Å². The van der Waals surface area contributed by atoms with Crippen molar-refractivity contribution in [3.8, 4) is 0 Å². The Bertz CT molecular complexity index is 450. The van der Waals surface area contributed by atoms with Crippen molar-refractivity contribution in [3.63, 3.8) is 0 Å². The van der Waals surface area contributed by atoms with E-state index < -0.39 is 12.0 Å². The molecular weight excluding hydrogens is 250 g/mol. The quantitative estimate of drug-likeness (QED) is 0.843. The van der Waals surface area contributed by atoms with Crippen LogP contribution in [0.3, 0.4) is 0 Å². The van der Waals surface area contributed by atoms with E-state index in [1.54, 1.807) is 27.7 Å². The monoisotopic (exact) mass is 269 g/mol. The second-order valence-electron chi connectivity index (χ2n) is 4.32. The molecule has 1 heterocycles. The maximum absolute atomic E-state index is 11.9. The molecule has 2 amide bonds. The van der Waals surface area contributed by atoms with Crippen molar-refractivity contribution in [2.45, 2.75) is 33.7 Å². The molecule has 1 aromatic heterocycles. The van der Waals surface area contributed by atoms with Crippen LogP contribution in [0.25, 0.3) is 0 Å². The van der Waals surface area contributed by atoms with Crippen LogP contribution in [0.4, 0.5) is 4.79 Å². The Morgan fingerprint density at radius 3 is 2.53 bits per heavy atom. The maximum Gasteiger partial charge on any atom is 0.323 e. The predicted octanol–water partition coefficient (Wildman–Crippen LogP) is 1.47. The molecule has 0 aromatic carbocycles. The number of likely N-dealkylation sites (N-methyl/N-ethyl adjacent to an activating group) is 1. The van der Waals surface area contributed by atoms with Gasteiger partial charge >= 0.3 is 12.0 Å². The number of urea groups is 1. The zero-order chi connectivity index (χ0) is 14.6. The number of carbonyl (C=O) groups is 2. The summed E-state index contributed by atoms with van der Waals surface area (Å²) in [5, 5.41) is 15.3. The van der Waals surface area contributed by atoms with Crippen LogP contribution in [-0.2, 0) is 4.79 Å². The van der Waals surface area contributed by atoms with Gasteiger partial charge in [-0.05, 0) is 27.7 Å². The Kier molecular flexibility index (Phi) is 4.91. The fourth-order valence-corrected chi connectivity index (χ4v) is 1.95. The fourth-order valence-electron chi connectivity index (χ4n) is 1.95. The number of nitrogens with zero attached hydrogens (tertiary/aromatic N) is 2. The molecule has 0 radical (unpaired) electrons. The number of aliphatic carboxylic acids is 1. The maximum atomic E-state index is 11.9. The zero-order valence-electron chi connectivity index (χ0n) is 11.6. The molecule has 0 spiro atoms. The first-order valence-electron chi connectivity index (χ1n) is 6.06. The second-order valence-corrected chi connectivity index (χ2v) is 4.32. The number of aromatic nitrogens is 1. The molecule has 7 nitrogen and oxygen atoms in total. The highest BCUT2D eigenvalue weighted by Gasteiger charge is 2.21. The van der Waals surface area contributed by atoms with E-state index in [1.165, 1.54) is 4.90 Å². The highest BCUT2D eigenvalue weighted by molar-refractivity contribution is 5.80. The molecule has 1 unspecified atom stereocenters. The Morgan fingerprint density at radius 2 is 2.11 bits per heavy atom. The van der Waals surface area contributed by atoms with Gasteiger partial charge in [-0.15, -0.1) is 0 Å². The summed E-state index contributed by atoms with van der Waals surface area (Å²) < 4.78 is 5.04. The van der Waals surface area contributed by atoms with Crippen molar-refractivity contribution in [1.29, 1.82) is 0 Å². The van der Waals surface area contributed by atoms with Gasteiger partial charge in [-0.2, -0.15) is 0 Å². The minimum absolute atomic E-state index is 0.290. The van der Waals surface area contributed by atoms with Crippen LogP contribution in [0.15, 0.2) is 4.52 Å². The second kappa shape index (κ2) is 6.21. The van der Waals surface area contributed by atoms with Crippen LogP contribution in [0.2, 0.25) is 0 Å². The van der Waals surface area contributed by atoms with E-state index in [1.807, 2.05) is 0 Å². The number of hydrogen-bond acceptors (Lipinski definition) is 4. The first-order chi connectivity index (χ1) is 8.86. The van der Waals surface area contributed by atoms with E-state index in [0.29, 0.717) is 18.0 Å². The summed E-state index contributed by atoms with van der Waals surface area (Å²) >= 11 is 0. The third kappa shape index (κ3) is 3.70. The summed E-state index contributed by atoms with van der Waals surface area (Å²) in [6.07, 6.45) is 0. The number of amides is 2. The molecule has 1 rings (SSSR count). The summed E-state index contributed by atoms with van der Waals surface area (Å²) in [5.41, 5.74) is 1.53. The van der Waals surface area contributed by atoms with E-state index in [2.05, 4.69) is 10.5 Å². The minimum Gasteiger partial charge on any atom is -0.480 e. The number of carbonyl (C=O) groups excluding carboxylic acids is 1. The van der Waals surface area contributed by atoms with Gasteiger partial charge in [0.1, 0.15) is 12.3 Å². The summed E-state index contributed by atoms with van der Waals surface area (Å²) in [7, 11) is 0. The zero-order valence-corrected chi connectivity index (χ0v) is 11.6. The lowest BCUT2D eigenvalue weighted by atomic mass is 10.1. The van der Waals surface area contributed by atoms with Crippen molar-refractivity contribution >= 4 is 12.0 Å². The standard InChI is InChI=1S/C12H19N3O4/c1-5-15(6-10(16)17)12(18)13-7(2)11-8(3)14-19-9(11)4/h7H,5-6H2,1-4H3,(H,13,18)(H,16,17). The summed E-state index contributed by atoms with van der Waals surface area (Å²) in [4.78, 5) is 23.8. The molecule has 0 fully saturated rings. The lowest BCUT2D eigenvalue weighted by Gasteiger charge is -2.22. The lowest BCUT2D eigenvalue weighted by molar-refractivity contribution is -0.137. The van der Waals surface area contributed by atoms with Crippen molar-refractivity contribution in [2.24, 2.45) is 0 Å². The average molecular weight is 269 g/mol. The molecule has 0 aliphatic heterocycles. The van der Waals surface area contributed by atoms with Gasteiger partial charge in [0.05, 0.1) is 11.7 Å². The molecule has 19 heavy (non-hydrogen) atoms. The third-order valence-electron chi connectivity index (χ3n) is 2.86. The number of nitrogens with one attached hydrogen (secondary N) is 1. The highest BCUT2D eigenvalue weighted by Crippen LogP contribution is 2.20. The van der Waals surface area contributed by atoms with Gasteiger partial charge in [0.25, 0.3) is 0 Å². The number of carboxylic acids is 1. The molecule has 0 bridgehead atoms. The van der Waals surface area contributed by atoms with E-state index in [-0.39, 0.29) is 12.6 Å². The van der Waals surface area contributed by atoms with E-state index in [0.717, 1.165) is 5.56 Å². The molecule has 0 aliphatic carbocycles. The third-order valence-corrected chi connectivity index (χ3v) is 2.86. The molecule has 0 aliphatic rings. The Hall–Kier alpha value is -2.05. The molecule has 0 saturated carbocycles. The first-order valence-corrected chi connectivity index (χ1v) is 6.06. The lowest BCUT2D eigenvalue weighted by Crippen LogP contribution is -2.43. The van der Waals surface area contributed by atoms with Crippen LogP contribution >= 0.6 is 0 Å². The van der Waals surface area contributed by atoms with Crippen LogP contribution in [0.5, 0.6) is 0 Å². The van der Waals surface area contributed by atoms with E-state index in [4.69, 9.17) is 9.63 Å². The molecule has 106 valence electrons. The average Bonchev–Trinajstić information content (AvgIpc) is 2.65. The summed E-state index contributed by atoms with van der Waals surface area (Å²) in [6, 6.07) is -0.709. The SMILES string of the molecule is CCN(CC(=O)O)C(=O)NC(C)c1c(C)noc1C. The topological polar surface area (TPSA) is 95.7 Å². The Morgan fingerprint density at radius 1 is 1.47 bits per heavy atom. The number of carboxylic acid groups (broad SMARTS) is 1. The van der Waals surface area contributed by atoms with Crippen molar-refractivity contribution in [2.75, 3.05) is 13.1 Å². The molecule has 1 atom stereocenters. The normalized spacial score (nSPS) is 12.0. The summed E-state index contributed by atoms with van der Waals surface area (Å²) in [6.45, 7) is 7.10. The molecule has 7 heteroatoms. The van der Waals surface area contributed by atoms with Crippen LogP contribution in [-0.4, -0.2) is 40.3 Å². The van der Waals surface area contributed by atoms with E-state index in [9.17, 15) is 9.59 Å². The smallest absolute Gasteiger partial charge is 0.323 e. The fraction of sp³-hybridized carbons (Fsp3) is 0.583. The first kappa shape index (κ1) is 15.0. The highest BCUT2D eigenvalue weighted by atomic mass is 16.5. The number of aryl methyl sites for hydroxylation is 2.